The molecule has 0 amide bonds. The summed E-state index contributed by atoms with van der Waals surface area (Å²) in [4.78, 5) is 2.99. The smallest absolute Gasteiger partial charge is 0.299 e. The summed E-state index contributed by atoms with van der Waals surface area (Å²) in [6.07, 6.45) is -3.13. The van der Waals surface area contributed by atoms with Gasteiger partial charge in [-0.2, -0.15) is 13.2 Å². The van der Waals surface area contributed by atoms with Crippen LogP contribution in [0.25, 0.3) is 0 Å². The molecule has 1 saturated heterocycles. The van der Waals surface area contributed by atoms with Gasteiger partial charge in [-0.25, -0.2) is 0 Å². The van der Waals surface area contributed by atoms with Crippen LogP contribution in [0.1, 0.15) is 38.3 Å². The van der Waals surface area contributed by atoms with Gasteiger partial charge in [-0.3, -0.25) is 4.90 Å². The minimum absolute atomic E-state index is 0.527. The fourth-order valence-corrected chi connectivity index (χ4v) is 3.75. The van der Waals surface area contributed by atoms with Crippen molar-refractivity contribution in [3.8, 4) is 0 Å². The number of thioether (sulfide) groups is 1. The Morgan fingerprint density at radius 2 is 2.00 bits per heavy atom. The first kappa shape index (κ1) is 17.7. The fraction of sp³-hybridized carbons (Fsp3) is 0.647. The van der Waals surface area contributed by atoms with E-state index in [2.05, 4.69) is 18.7 Å². The van der Waals surface area contributed by atoms with Crippen molar-refractivity contribution < 1.29 is 13.2 Å². The maximum Gasteiger partial charge on any atom is 0.416 e. The molecule has 0 aliphatic carbocycles. The minimum atomic E-state index is -4.27. The van der Waals surface area contributed by atoms with Crippen LogP contribution in [0, 0.1) is 11.8 Å². The van der Waals surface area contributed by atoms with Gasteiger partial charge >= 0.3 is 6.18 Å². The SMILES string of the molecule is CCSc1cc(CN2CCC(C(C)C)C2)cc(C(F)(F)F)c1. The van der Waals surface area contributed by atoms with Gasteiger partial charge in [0.1, 0.15) is 0 Å². The highest BCUT2D eigenvalue weighted by molar-refractivity contribution is 7.99. The second-order valence-corrected chi connectivity index (χ2v) is 7.66. The molecule has 1 aromatic carbocycles. The zero-order chi connectivity index (χ0) is 16.3. The second-order valence-electron chi connectivity index (χ2n) is 6.32. The van der Waals surface area contributed by atoms with Crippen molar-refractivity contribution in [2.24, 2.45) is 11.8 Å². The number of likely N-dealkylation sites (tertiary alicyclic amines) is 1. The lowest BCUT2D eigenvalue weighted by atomic mass is 9.95. The van der Waals surface area contributed by atoms with Crippen LogP contribution in [-0.2, 0) is 12.7 Å². The Morgan fingerprint density at radius 1 is 1.27 bits per heavy atom. The summed E-state index contributed by atoms with van der Waals surface area (Å²) in [5.74, 6) is 2.08. The Bertz CT molecular complexity index is 499. The number of hydrogen-bond acceptors (Lipinski definition) is 2. The third-order valence-corrected chi connectivity index (χ3v) is 5.12. The molecule has 1 aliphatic heterocycles. The van der Waals surface area contributed by atoms with E-state index in [0.29, 0.717) is 23.3 Å². The molecule has 1 atom stereocenters. The maximum absolute atomic E-state index is 13.0. The summed E-state index contributed by atoms with van der Waals surface area (Å²) >= 11 is 1.46. The molecule has 0 spiro atoms. The van der Waals surface area contributed by atoms with Crippen molar-refractivity contribution >= 4 is 11.8 Å². The van der Waals surface area contributed by atoms with Crippen LogP contribution < -0.4 is 0 Å². The topological polar surface area (TPSA) is 3.24 Å². The molecular weight excluding hydrogens is 307 g/mol. The standard InChI is InChI=1S/C17H24F3NS/c1-4-22-16-8-13(7-15(9-16)17(18,19)20)10-21-6-5-14(11-21)12(2)3/h7-9,12,14H,4-6,10-11H2,1-3H3. The van der Waals surface area contributed by atoms with Gasteiger partial charge in [0.2, 0.25) is 0 Å². The normalized spacial score (nSPS) is 20.0. The Kier molecular flexibility index (Phi) is 5.83. The summed E-state index contributed by atoms with van der Waals surface area (Å²) in [6, 6.07) is 4.48. The molecule has 22 heavy (non-hydrogen) atoms. The fourth-order valence-electron chi connectivity index (χ4n) is 2.97. The number of halogens is 3. The molecule has 1 heterocycles. The third-order valence-electron chi connectivity index (χ3n) is 4.26. The van der Waals surface area contributed by atoms with Crippen LogP contribution in [0.2, 0.25) is 0 Å². The first-order valence-corrected chi connectivity index (χ1v) is 8.84. The summed E-state index contributed by atoms with van der Waals surface area (Å²) in [6.45, 7) is 8.98. The summed E-state index contributed by atoms with van der Waals surface area (Å²) < 4.78 is 39.1. The van der Waals surface area contributed by atoms with Crippen molar-refractivity contribution in [3.05, 3.63) is 29.3 Å². The van der Waals surface area contributed by atoms with Crippen LogP contribution in [0.4, 0.5) is 13.2 Å². The van der Waals surface area contributed by atoms with Crippen LogP contribution >= 0.6 is 11.8 Å². The van der Waals surface area contributed by atoms with Gasteiger partial charge in [-0.15, -0.1) is 11.8 Å². The minimum Gasteiger partial charge on any atom is -0.299 e. The lowest BCUT2D eigenvalue weighted by Crippen LogP contribution is -2.21. The number of nitrogens with zero attached hydrogens (tertiary/aromatic N) is 1. The molecular formula is C17H24F3NS. The number of alkyl halides is 3. The van der Waals surface area contributed by atoms with E-state index >= 15 is 0 Å². The molecule has 0 aromatic heterocycles. The number of rotatable bonds is 5. The molecule has 1 unspecified atom stereocenters. The van der Waals surface area contributed by atoms with Gasteiger partial charge in [0.05, 0.1) is 5.56 Å². The van der Waals surface area contributed by atoms with Crippen molar-refractivity contribution in [2.75, 3.05) is 18.8 Å². The quantitative estimate of drug-likeness (QED) is 0.674. The molecule has 0 N–H and O–H groups in total. The molecule has 0 saturated carbocycles. The first-order valence-electron chi connectivity index (χ1n) is 7.86. The van der Waals surface area contributed by atoms with Crippen molar-refractivity contribution in [1.82, 2.24) is 4.90 Å². The summed E-state index contributed by atoms with van der Waals surface area (Å²) in [5, 5.41) is 0. The summed E-state index contributed by atoms with van der Waals surface area (Å²) in [7, 11) is 0. The van der Waals surface area contributed by atoms with E-state index in [0.717, 1.165) is 30.8 Å². The van der Waals surface area contributed by atoms with E-state index in [4.69, 9.17) is 0 Å². The highest BCUT2D eigenvalue weighted by atomic mass is 32.2. The third kappa shape index (κ3) is 4.66. The van der Waals surface area contributed by atoms with Crippen molar-refractivity contribution in [1.29, 1.82) is 0 Å². The molecule has 5 heteroatoms. The molecule has 1 aliphatic rings. The monoisotopic (exact) mass is 331 g/mol. The van der Waals surface area contributed by atoms with Gasteiger partial charge < -0.3 is 0 Å². The summed E-state index contributed by atoms with van der Waals surface area (Å²) in [5.41, 5.74) is 0.246. The molecule has 0 bridgehead atoms. The highest BCUT2D eigenvalue weighted by Crippen LogP contribution is 2.34. The lowest BCUT2D eigenvalue weighted by Gasteiger charge is -2.19. The maximum atomic E-state index is 13.0. The first-order chi connectivity index (χ1) is 10.3. The van der Waals surface area contributed by atoms with E-state index in [1.165, 1.54) is 23.9 Å². The van der Waals surface area contributed by atoms with E-state index in [1.807, 2.05) is 13.0 Å². The zero-order valence-corrected chi connectivity index (χ0v) is 14.2. The van der Waals surface area contributed by atoms with Gasteiger partial charge in [0, 0.05) is 18.0 Å². The van der Waals surface area contributed by atoms with Gasteiger partial charge in [-0.1, -0.05) is 20.8 Å². The van der Waals surface area contributed by atoms with Crippen LogP contribution in [0.5, 0.6) is 0 Å². The van der Waals surface area contributed by atoms with Crippen LogP contribution in [0.3, 0.4) is 0 Å². The van der Waals surface area contributed by atoms with Crippen LogP contribution in [0.15, 0.2) is 23.1 Å². The van der Waals surface area contributed by atoms with Crippen molar-refractivity contribution in [2.45, 2.75) is 44.8 Å². The van der Waals surface area contributed by atoms with Gasteiger partial charge in [-0.05, 0) is 54.3 Å². The van der Waals surface area contributed by atoms with Crippen molar-refractivity contribution in [3.63, 3.8) is 0 Å². The molecule has 1 fully saturated rings. The highest BCUT2D eigenvalue weighted by Gasteiger charge is 2.32. The Morgan fingerprint density at radius 3 is 2.55 bits per heavy atom. The Hall–Kier alpha value is -0.680. The average molecular weight is 331 g/mol. The zero-order valence-electron chi connectivity index (χ0n) is 13.4. The molecule has 1 nitrogen and oxygen atoms in total. The van der Waals surface area contributed by atoms with Crippen LogP contribution in [-0.4, -0.2) is 23.7 Å². The molecule has 124 valence electrons. The molecule has 2 rings (SSSR count). The van der Waals surface area contributed by atoms with E-state index < -0.39 is 11.7 Å². The number of hydrogen-bond donors (Lipinski definition) is 0. The van der Waals surface area contributed by atoms with Gasteiger partial charge in [0.25, 0.3) is 0 Å². The Balaban J connectivity index is 2.14. The van der Waals surface area contributed by atoms with Gasteiger partial charge in [0.15, 0.2) is 0 Å². The molecule has 0 radical (unpaired) electrons. The average Bonchev–Trinajstić information content (AvgIpc) is 2.86. The van der Waals surface area contributed by atoms with E-state index in [9.17, 15) is 13.2 Å². The second kappa shape index (κ2) is 7.26. The molecule has 1 aromatic rings. The lowest BCUT2D eigenvalue weighted by molar-refractivity contribution is -0.137. The largest absolute Gasteiger partial charge is 0.416 e. The number of benzene rings is 1. The predicted octanol–water partition coefficient (Wildman–Crippen LogP) is 5.30. The predicted molar refractivity (Wildman–Crippen MR) is 86.1 cm³/mol. The van der Waals surface area contributed by atoms with E-state index in [-0.39, 0.29) is 0 Å². The van der Waals surface area contributed by atoms with E-state index in [1.54, 1.807) is 0 Å². The Labute approximate surface area is 135 Å².